The van der Waals surface area contributed by atoms with Crippen LogP contribution >= 0.6 is 23.1 Å². The zero-order chi connectivity index (χ0) is 15.5. The third-order valence-corrected chi connectivity index (χ3v) is 5.10. The van der Waals surface area contributed by atoms with Crippen molar-refractivity contribution in [1.29, 1.82) is 0 Å². The fourth-order valence-electron chi connectivity index (χ4n) is 1.98. The van der Waals surface area contributed by atoms with E-state index >= 15 is 0 Å². The molecule has 6 nitrogen and oxygen atoms in total. The van der Waals surface area contributed by atoms with Gasteiger partial charge in [0.15, 0.2) is 4.34 Å². The van der Waals surface area contributed by atoms with E-state index < -0.39 is 0 Å². The van der Waals surface area contributed by atoms with Gasteiger partial charge in [-0.1, -0.05) is 35.2 Å². The van der Waals surface area contributed by atoms with E-state index in [0.29, 0.717) is 16.7 Å². The molecule has 0 amide bonds. The number of hydrogen-bond donors (Lipinski definition) is 2. The summed E-state index contributed by atoms with van der Waals surface area (Å²) in [5.74, 6) is 0.647. The first-order chi connectivity index (χ1) is 10.7. The molecule has 3 rings (SSSR count). The van der Waals surface area contributed by atoms with Crippen LogP contribution in [-0.4, -0.2) is 26.7 Å². The smallest absolute Gasteiger partial charge is 0.258 e. The second-order valence-corrected chi connectivity index (χ2v) is 7.20. The Morgan fingerprint density at radius 1 is 1.36 bits per heavy atom. The summed E-state index contributed by atoms with van der Waals surface area (Å²) in [5.41, 5.74) is 0.595. The number of fused-ring (bicyclic) bond motifs is 1. The minimum atomic E-state index is -0.112. The average Bonchev–Trinajstić information content (AvgIpc) is 2.95. The molecule has 0 unspecified atom stereocenters. The van der Waals surface area contributed by atoms with Crippen LogP contribution < -0.4 is 10.9 Å². The summed E-state index contributed by atoms with van der Waals surface area (Å²) < 4.78 is 0.847. The maximum atomic E-state index is 12.1. The quantitative estimate of drug-likeness (QED) is 0.698. The predicted molar refractivity (Wildman–Crippen MR) is 90.7 cm³/mol. The average molecular weight is 333 g/mol. The van der Waals surface area contributed by atoms with Gasteiger partial charge in [-0.15, -0.1) is 10.2 Å². The van der Waals surface area contributed by atoms with E-state index in [9.17, 15) is 4.79 Å². The Balaban J connectivity index is 1.85. The normalized spacial score (nSPS) is 12.5. The standard InChI is InChI=1S/C14H15N5OS2/c1-3-15-13-18-19-14(22-13)21-8(2)11-16-10-7-5-4-6-9(10)12(20)17-11/h4-8H,3H2,1-2H3,(H,15,18)(H,16,17,20)/t8-/m1/s1. The number of anilines is 1. The first-order valence-corrected chi connectivity index (χ1v) is 8.60. The fraction of sp³-hybridized carbons (Fsp3) is 0.286. The molecule has 0 aliphatic rings. The van der Waals surface area contributed by atoms with E-state index in [-0.39, 0.29) is 10.8 Å². The Bertz CT molecular complexity index is 844. The van der Waals surface area contributed by atoms with Gasteiger partial charge >= 0.3 is 0 Å². The molecule has 0 saturated heterocycles. The molecule has 3 aromatic rings. The number of H-pyrrole nitrogens is 1. The summed E-state index contributed by atoms with van der Waals surface area (Å²) in [4.78, 5) is 19.5. The van der Waals surface area contributed by atoms with Crippen LogP contribution in [0, 0.1) is 0 Å². The molecule has 22 heavy (non-hydrogen) atoms. The summed E-state index contributed by atoms with van der Waals surface area (Å²) in [6.07, 6.45) is 0. The molecule has 2 heterocycles. The fourth-order valence-corrected chi connectivity index (χ4v) is 4.01. The summed E-state index contributed by atoms with van der Waals surface area (Å²) in [7, 11) is 0. The number of aromatic nitrogens is 4. The topological polar surface area (TPSA) is 83.6 Å². The number of aromatic amines is 1. The van der Waals surface area contributed by atoms with Crippen molar-refractivity contribution < 1.29 is 0 Å². The Morgan fingerprint density at radius 3 is 3.00 bits per heavy atom. The summed E-state index contributed by atoms with van der Waals surface area (Å²) in [6, 6.07) is 7.33. The number of thioether (sulfide) groups is 1. The molecule has 0 aliphatic carbocycles. The molecule has 2 N–H and O–H groups in total. The van der Waals surface area contributed by atoms with Gasteiger partial charge in [-0.05, 0) is 26.0 Å². The lowest BCUT2D eigenvalue weighted by Crippen LogP contribution is -2.12. The van der Waals surface area contributed by atoms with E-state index in [2.05, 4.69) is 25.5 Å². The second kappa shape index (κ2) is 6.45. The highest BCUT2D eigenvalue weighted by Gasteiger charge is 2.15. The molecule has 0 bridgehead atoms. The van der Waals surface area contributed by atoms with Crippen molar-refractivity contribution in [3.8, 4) is 0 Å². The molecular formula is C14H15N5OS2. The largest absolute Gasteiger partial charge is 0.360 e. The molecule has 114 valence electrons. The van der Waals surface area contributed by atoms with E-state index in [4.69, 9.17) is 0 Å². The first kappa shape index (κ1) is 15.0. The Morgan fingerprint density at radius 2 is 2.18 bits per heavy atom. The van der Waals surface area contributed by atoms with Gasteiger partial charge in [0, 0.05) is 6.54 Å². The van der Waals surface area contributed by atoms with Crippen LogP contribution in [0.25, 0.3) is 10.9 Å². The van der Waals surface area contributed by atoms with Crippen LogP contribution in [0.2, 0.25) is 0 Å². The van der Waals surface area contributed by atoms with Gasteiger partial charge in [0.2, 0.25) is 5.13 Å². The number of rotatable bonds is 5. The van der Waals surface area contributed by atoms with Crippen molar-refractivity contribution in [2.45, 2.75) is 23.4 Å². The van der Waals surface area contributed by atoms with Crippen LogP contribution in [0.1, 0.15) is 24.9 Å². The van der Waals surface area contributed by atoms with Gasteiger partial charge < -0.3 is 10.3 Å². The number of para-hydroxylation sites is 1. The summed E-state index contributed by atoms with van der Waals surface area (Å²) >= 11 is 3.03. The molecule has 0 fully saturated rings. The number of nitrogens with zero attached hydrogens (tertiary/aromatic N) is 3. The van der Waals surface area contributed by atoms with E-state index in [0.717, 1.165) is 16.0 Å². The molecule has 8 heteroatoms. The van der Waals surface area contributed by atoms with Crippen LogP contribution in [0.5, 0.6) is 0 Å². The van der Waals surface area contributed by atoms with E-state index in [1.54, 1.807) is 6.07 Å². The molecule has 0 radical (unpaired) electrons. The van der Waals surface area contributed by atoms with Gasteiger partial charge in [-0.3, -0.25) is 4.79 Å². The monoisotopic (exact) mass is 333 g/mol. The van der Waals surface area contributed by atoms with Crippen LogP contribution in [0.4, 0.5) is 5.13 Å². The van der Waals surface area contributed by atoms with Crippen LogP contribution in [-0.2, 0) is 0 Å². The van der Waals surface area contributed by atoms with Crippen molar-refractivity contribution in [2.24, 2.45) is 0 Å². The lowest BCUT2D eigenvalue weighted by Gasteiger charge is -2.08. The minimum Gasteiger partial charge on any atom is -0.360 e. The van der Waals surface area contributed by atoms with E-state index in [1.165, 1.54) is 23.1 Å². The highest BCUT2D eigenvalue weighted by molar-refractivity contribution is 8.01. The predicted octanol–water partition coefficient (Wildman–Crippen LogP) is 3.06. The highest BCUT2D eigenvalue weighted by Crippen LogP contribution is 2.35. The molecular weight excluding hydrogens is 318 g/mol. The van der Waals surface area contributed by atoms with Crippen molar-refractivity contribution in [3.05, 3.63) is 40.4 Å². The Labute approximate surface area is 135 Å². The first-order valence-electron chi connectivity index (χ1n) is 6.90. The lowest BCUT2D eigenvalue weighted by atomic mass is 10.2. The summed E-state index contributed by atoms with van der Waals surface area (Å²) in [5, 5.41) is 12.7. The molecule has 2 aromatic heterocycles. The maximum absolute atomic E-state index is 12.1. The Hall–Kier alpha value is -1.93. The molecule has 0 spiro atoms. The minimum absolute atomic E-state index is 0.0141. The highest BCUT2D eigenvalue weighted by atomic mass is 32.2. The molecule has 0 saturated carbocycles. The number of benzene rings is 1. The van der Waals surface area contributed by atoms with Crippen molar-refractivity contribution >= 4 is 39.1 Å². The molecule has 1 atom stereocenters. The van der Waals surface area contributed by atoms with Gasteiger partial charge in [0.05, 0.1) is 16.2 Å². The molecule has 0 aliphatic heterocycles. The SMILES string of the molecule is CCNc1nnc(S[C@H](C)c2nc3ccccc3c(=O)[nH]2)s1. The third-order valence-electron chi connectivity index (χ3n) is 3.03. The van der Waals surface area contributed by atoms with Gasteiger partial charge in [0.25, 0.3) is 5.56 Å². The van der Waals surface area contributed by atoms with Crippen LogP contribution in [0.3, 0.4) is 0 Å². The van der Waals surface area contributed by atoms with Gasteiger partial charge in [-0.2, -0.15) is 0 Å². The zero-order valence-electron chi connectivity index (χ0n) is 12.2. The number of nitrogens with one attached hydrogen (secondary N) is 2. The van der Waals surface area contributed by atoms with Crippen LogP contribution in [0.15, 0.2) is 33.4 Å². The third kappa shape index (κ3) is 3.12. The van der Waals surface area contributed by atoms with Crippen molar-refractivity contribution in [3.63, 3.8) is 0 Å². The van der Waals surface area contributed by atoms with Crippen molar-refractivity contribution in [1.82, 2.24) is 20.2 Å². The van der Waals surface area contributed by atoms with E-state index in [1.807, 2.05) is 32.0 Å². The summed E-state index contributed by atoms with van der Waals surface area (Å²) in [6.45, 7) is 4.82. The molecule has 1 aromatic carbocycles. The zero-order valence-corrected chi connectivity index (χ0v) is 13.8. The number of hydrogen-bond acceptors (Lipinski definition) is 7. The lowest BCUT2D eigenvalue weighted by molar-refractivity contribution is 0.916. The Kier molecular flexibility index (Phi) is 4.39. The maximum Gasteiger partial charge on any atom is 0.258 e. The van der Waals surface area contributed by atoms with Gasteiger partial charge in [-0.25, -0.2) is 4.98 Å². The van der Waals surface area contributed by atoms with Crippen molar-refractivity contribution in [2.75, 3.05) is 11.9 Å². The second-order valence-electron chi connectivity index (χ2n) is 4.63. The van der Waals surface area contributed by atoms with Gasteiger partial charge in [0.1, 0.15) is 5.82 Å².